The molecule has 0 amide bonds. The number of carbonyl (C=O) groups is 4. The molecule has 234 valence electrons. The van der Waals surface area contributed by atoms with E-state index in [0.29, 0.717) is 11.1 Å². The normalized spacial score (nSPS) is 11.5. The number of carbonyl (C=O) groups excluding carboxylic acids is 4. The van der Waals surface area contributed by atoms with E-state index in [-0.39, 0.29) is 48.7 Å². The van der Waals surface area contributed by atoms with E-state index < -0.39 is 46.3 Å². The molecule has 44 heavy (non-hydrogen) atoms. The van der Waals surface area contributed by atoms with E-state index in [2.05, 4.69) is 0 Å². The third-order valence-corrected chi connectivity index (χ3v) is 7.31. The second-order valence-corrected chi connectivity index (χ2v) is 10.1. The molecule has 0 unspecified atom stereocenters. The molecule has 3 aromatic rings. The molecule has 0 fully saturated rings. The van der Waals surface area contributed by atoms with Crippen LogP contribution in [0.1, 0.15) is 52.7 Å². The van der Waals surface area contributed by atoms with E-state index in [1.165, 1.54) is 38.1 Å². The summed E-state index contributed by atoms with van der Waals surface area (Å²) in [5.74, 6) is -4.92. The van der Waals surface area contributed by atoms with Crippen molar-refractivity contribution in [2.45, 2.75) is 52.4 Å². The van der Waals surface area contributed by atoms with Crippen molar-refractivity contribution in [3.63, 3.8) is 0 Å². The van der Waals surface area contributed by atoms with Crippen LogP contribution in [0.2, 0.25) is 0 Å². The third-order valence-electron chi connectivity index (χ3n) is 7.31. The minimum Gasteiger partial charge on any atom is -0.465 e. The van der Waals surface area contributed by atoms with E-state index in [1.807, 2.05) is 0 Å². The molecule has 0 aromatic heterocycles. The van der Waals surface area contributed by atoms with Gasteiger partial charge in [0.25, 0.3) is 0 Å². The molecule has 0 atom stereocenters. The molecular weight excluding hydrogens is 574 g/mol. The molecule has 0 saturated heterocycles. The molecule has 3 aromatic carbocycles. The first-order valence-electron chi connectivity index (χ1n) is 14.3. The summed E-state index contributed by atoms with van der Waals surface area (Å²) >= 11 is 0. The van der Waals surface area contributed by atoms with Crippen molar-refractivity contribution in [2.24, 2.45) is 0 Å². The number of esters is 4. The summed E-state index contributed by atoms with van der Waals surface area (Å²) in [7, 11) is 0. The van der Waals surface area contributed by atoms with Crippen molar-refractivity contribution in [1.29, 1.82) is 0 Å². The summed E-state index contributed by atoms with van der Waals surface area (Å²) in [6.07, 6.45) is 0. The molecule has 0 aliphatic carbocycles. The van der Waals surface area contributed by atoms with Gasteiger partial charge in [-0.15, -0.1) is 0 Å². The van der Waals surface area contributed by atoms with Crippen LogP contribution in [0, 0.1) is 11.6 Å². The lowest BCUT2D eigenvalue weighted by molar-refractivity contribution is -0.165. The van der Waals surface area contributed by atoms with Crippen molar-refractivity contribution in [1.82, 2.24) is 0 Å². The highest BCUT2D eigenvalue weighted by molar-refractivity contribution is 6.06. The zero-order valence-corrected chi connectivity index (χ0v) is 25.6. The Morgan fingerprint density at radius 1 is 0.545 bits per heavy atom. The lowest BCUT2D eigenvalue weighted by atomic mass is 9.81. The van der Waals surface area contributed by atoms with Gasteiger partial charge in [-0.1, -0.05) is 42.5 Å². The van der Waals surface area contributed by atoms with Gasteiger partial charge in [0.2, 0.25) is 0 Å². The Labute approximate surface area is 255 Å². The molecule has 0 bridgehead atoms. The van der Waals surface area contributed by atoms with Gasteiger partial charge in [-0.3, -0.25) is 19.2 Å². The highest BCUT2D eigenvalue weighted by Gasteiger charge is 2.47. The zero-order chi connectivity index (χ0) is 32.7. The smallest absolute Gasteiger partial charge is 0.327 e. The van der Waals surface area contributed by atoms with Crippen molar-refractivity contribution in [2.75, 3.05) is 26.4 Å². The second-order valence-electron chi connectivity index (χ2n) is 10.1. The minimum absolute atomic E-state index is 0.0175. The van der Waals surface area contributed by atoms with Gasteiger partial charge in [-0.25, -0.2) is 8.78 Å². The van der Waals surface area contributed by atoms with E-state index in [4.69, 9.17) is 18.9 Å². The van der Waals surface area contributed by atoms with Gasteiger partial charge in [0, 0.05) is 11.1 Å². The van der Waals surface area contributed by atoms with Crippen molar-refractivity contribution in [3.8, 4) is 22.3 Å². The molecular formula is C34H36F2O8. The maximum Gasteiger partial charge on any atom is 0.327 e. The predicted octanol–water partition coefficient (Wildman–Crippen LogP) is 6.07. The quantitative estimate of drug-likeness (QED) is 0.138. The minimum atomic E-state index is -1.89. The summed E-state index contributed by atoms with van der Waals surface area (Å²) in [5, 5.41) is 0. The SMILES string of the molecule is CCOC(=O)C(C)(C(=O)OCC)c1ccc(-c2cccc(-c3ccc(C(C)(C(=O)OCC)C(=O)OCC)cc3F)c2)c(F)c1. The number of benzene rings is 3. The fourth-order valence-electron chi connectivity index (χ4n) is 4.71. The van der Waals surface area contributed by atoms with Crippen LogP contribution in [0.3, 0.4) is 0 Å². The van der Waals surface area contributed by atoms with Crippen LogP contribution in [0.25, 0.3) is 22.3 Å². The van der Waals surface area contributed by atoms with Gasteiger partial charge < -0.3 is 18.9 Å². The molecule has 0 aliphatic heterocycles. The Morgan fingerprint density at radius 2 is 0.864 bits per heavy atom. The standard InChI is InChI=1S/C34H36F2O8/c1-7-41-29(37)33(5,30(38)42-8-2)23-14-16-25(27(35)19-23)21-12-11-13-22(18-21)26-17-15-24(20-28(26)36)34(6,31(39)43-9-3)32(40)44-10-4/h11-20H,7-10H2,1-6H3. The molecule has 8 nitrogen and oxygen atoms in total. The number of hydrogen-bond acceptors (Lipinski definition) is 8. The van der Waals surface area contributed by atoms with Crippen molar-refractivity contribution in [3.05, 3.63) is 83.4 Å². The van der Waals surface area contributed by atoms with Gasteiger partial charge in [0.15, 0.2) is 10.8 Å². The number of rotatable bonds is 12. The Bertz CT molecular complexity index is 1400. The first-order valence-corrected chi connectivity index (χ1v) is 14.3. The largest absolute Gasteiger partial charge is 0.465 e. The Balaban J connectivity index is 2.04. The van der Waals surface area contributed by atoms with Gasteiger partial charge in [0.1, 0.15) is 11.6 Å². The van der Waals surface area contributed by atoms with Gasteiger partial charge >= 0.3 is 23.9 Å². The first kappa shape index (κ1) is 33.9. The summed E-state index contributed by atoms with van der Waals surface area (Å²) in [5.41, 5.74) is -2.60. The number of hydrogen-bond donors (Lipinski definition) is 0. The van der Waals surface area contributed by atoms with Crippen molar-refractivity contribution < 1.29 is 46.9 Å². The molecule has 0 spiro atoms. The molecule has 0 saturated carbocycles. The fraction of sp³-hybridized carbons (Fsp3) is 0.353. The first-order chi connectivity index (χ1) is 20.9. The van der Waals surface area contributed by atoms with E-state index in [1.54, 1.807) is 52.0 Å². The van der Waals surface area contributed by atoms with Crippen LogP contribution in [-0.2, 0) is 49.0 Å². The third kappa shape index (κ3) is 6.49. The monoisotopic (exact) mass is 610 g/mol. The van der Waals surface area contributed by atoms with Gasteiger partial charge in [0.05, 0.1) is 26.4 Å². The summed E-state index contributed by atoms with van der Waals surface area (Å²) in [6.45, 7) is 9.08. The lowest BCUT2D eigenvalue weighted by Crippen LogP contribution is -2.43. The van der Waals surface area contributed by atoms with Gasteiger partial charge in [-0.2, -0.15) is 0 Å². The Morgan fingerprint density at radius 3 is 1.14 bits per heavy atom. The topological polar surface area (TPSA) is 105 Å². The summed E-state index contributed by atoms with van der Waals surface area (Å²) < 4.78 is 51.5. The average Bonchev–Trinajstić information content (AvgIpc) is 3.00. The molecule has 0 N–H and O–H groups in total. The second kappa shape index (κ2) is 14.2. The highest BCUT2D eigenvalue weighted by Crippen LogP contribution is 2.35. The maximum atomic E-state index is 15.6. The van der Waals surface area contributed by atoms with Crippen LogP contribution < -0.4 is 0 Å². The highest BCUT2D eigenvalue weighted by atomic mass is 19.1. The van der Waals surface area contributed by atoms with E-state index in [9.17, 15) is 19.2 Å². The average molecular weight is 611 g/mol. The van der Waals surface area contributed by atoms with Crippen LogP contribution in [-0.4, -0.2) is 50.3 Å². The summed E-state index contributed by atoms with van der Waals surface area (Å²) in [4.78, 5) is 51.1. The summed E-state index contributed by atoms with van der Waals surface area (Å²) in [6, 6.07) is 14.3. The molecule has 0 heterocycles. The van der Waals surface area contributed by atoms with E-state index in [0.717, 1.165) is 12.1 Å². The number of halogens is 2. The predicted molar refractivity (Wildman–Crippen MR) is 158 cm³/mol. The van der Waals surface area contributed by atoms with Crippen LogP contribution >= 0.6 is 0 Å². The molecule has 0 radical (unpaired) electrons. The molecule has 0 aliphatic rings. The fourth-order valence-corrected chi connectivity index (χ4v) is 4.71. The lowest BCUT2D eigenvalue weighted by Gasteiger charge is -2.26. The van der Waals surface area contributed by atoms with E-state index >= 15 is 8.78 Å². The van der Waals surface area contributed by atoms with Crippen LogP contribution in [0.4, 0.5) is 8.78 Å². The number of ether oxygens (including phenoxy) is 4. The van der Waals surface area contributed by atoms with Crippen molar-refractivity contribution >= 4 is 23.9 Å². The Hall–Kier alpha value is -4.60. The Kier molecular flexibility index (Phi) is 11.0. The van der Waals surface area contributed by atoms with Crippen LogP contribution in [0.15, 0.2) is 60.7 Å². The van der Waals surface area contributed by atoms with Crippen LogP contribution in [0.5, 0.6) is 0 Å². The van der Waals surface area contributed by atoms with Gasteiger partial charge in [-0.05, 0) is 82.0 Å². The maximum absolute atomic E-state index is 15.6. The molecule has 3 rings (SSSR count). The molecule has 10 heteroatoms. The zero-order valence-electron chi connectivity index (χ0n) is 25.6.